The van der Waals surface area contributed by atoms with Gasteiger partial charge in [-0.25, -0.2) is 8.42 Å². The van der Waals surface area contributed by atoms with Crippen LogP contribution in [-0.4, -0.2) is 38.4 Å². The van der Waals surface area contributed by atoms with Crippen LogP contribution in [-0.2, 0) is 10.0 Å². The normalized spacial score (nSPS) is 24.4. The quantitative estimate of drug-likeness (QED) is 0.863. The number of hydrogen-bond acceptors (Lipinski definition) is 4. The van der Waals surface area contributed by atoms with E-state index in [2.05, 4.69) is 19.2 Å². The number of hydrogen-bond donors (Lipinski definition) is 1. The van der Waals surface area contributed by atoms with Gasteiger partial charge in [-0.15, -0.1) is 11.3 Å². The molecule has 1 aliphatic heterocycles. The number of sulfonamides is 1. The first kappa shape index (κ1) is 17.5. The van der Waals surface area contributed by atoms with Crippen LogP contribution in [0.5, 0.6) is 0 Å². The van der Waals surface area contributed by atoms with E-state index in [0.717, 1.165) is 30.7 Å². The molecule has 2 unspecified atom stereocenters. The maximum absolute atomic E-state index is 12.7. The minimum absolute atomic E-state index is 0.135. The molecule has 8 heteroatoms. The fraction of sp³-hybridized carbons (Fsp3) is 0.692. The summed E-state index contributed by atoms with van der Waals surface area (Å²) in [7, 11) is -3.55. The Kier molecular flexibility index (Phi) is 5.96. The summed E-state index contributed by atoms with van der Waals surface area (Å²) < 4.78 is 27.6. The molecule has 2 heterocycles. The van der Waals surface area contributed by atoms with E-state index < -0.39 is 10.0 Å². The standard InChI is InChI=1S/C13H20Cl2N2O2S2/c1-3-9-8-17(6-5-10(9)16-4-2)21(18,19)11-7-12(14)20-13(11)15/h7,9-10,16H,3-6,8H2,1-2H3. The molecule has 0 radical (unpaired) electrons. The van der Waals surface area contributed by atoms with Gasteiger partial charge in [0.25, 0.3) is 0 Å². The van der Waals surface area contributed by atoms with Crippen LogP contribution >= 0.6 is 34.5 Å². The molecule has 4 nitrogen and oxygen atoms in total. The van der Waals surface area contributed by atoms with Crippen molar-refractivity contribution >= 4 is 44.6 Å². The van der Waals surface area contributed by atoms with E-state index in [1.807, 2.05) is 0 Å². The third-order valence-corrected chi connectivity index (χ3v) is 7.55. The van der Waals surface area contributed by atoms with Crippen LogP contribution in [0.2, 0.25) is 8.67 Å². The van der Waals surface area contributed by atoms with Crippen molar-refractivity contribution in [1.29, 1.82) is 0 Å². The fourth-order valence-electron chi connectivity index (χ4n) is 2.80. The lowest BCUT2D eigenvalue weighted by Crippen LogP contribution is -2.50. The zero-order valence-corrected chi connectivity index (χ0v) is 15.2. The Morgan fingerprint density at radius 2 is 2.14 bits per heavy atom. The lowest BCUT2D eigenvalue weighted by atomic mass is 9.91. The van der Waals surface area contributed by atoms with E-state index >= 15 is 0 Å². The third-order valence-electron chi connectivity index (χ3n) is 3.93. The number of piperidine rings is 1. The molecule has 0 bridgehead atoms. The van der Waals surface area contributed by atoms with Crippen LogP contribution in [0.15, 0.2) is 11.0 Å². The zero-order valence-electron chi connectivity index (χ0n) is 12.1. The van der Waals surface area contributed by atoms with Crippen molar-refractivity contribution in [3.8, 4) is 0 Å². The molecule has 1 aromatic rings. The zero-order chi connectivity index (χ0) is 15.6. The summed E-state index contributed by atoms with van der Waals surface area (Å²) in [6.45, 7) is 6.11. The summed E-state index contributed by atoms with van der Waals surface area (Å²) in [6, 6.07) is 1.83. The van der Waals surface area contributed by atoms with Crippen molar-refractivity contribution in [2.75, 3.05) is 19.6 Å². The van der Waals surface area contributed by atoms with Gasteiger partial charge in [0.2, 0.25) is 10.0 Å². The molecule has 0 aromatic carbocycles. The van der Waals surface area contributed by atoms with Crippen molar-refractivity contribution < 1.29 is 8.42 Å². The molecular formula is C13H20Cl2N2O2S2. The van der Waals surface area contributed by atoms with E-state index in [1.54, 1.807) is 4.31 Å². The molecule has 1 aliphatic rings. The van der Waals surface area contributed by atoms with Gasteiger partial charge in [-0.1, -0.05) is 43.5 Å². The predicted molar refractivity (Wildman–Crippen MR) is 89.0 cm³/mol. The van der Waals surface area contributed by atoms with Crippen molar-refractivity contribution in [1.82, 2.24) is 9.62 Å². The molecule has 0 amide bonds. The number of nitrogens with zero attached hydrogens (tertiary/aromatic N) is 1. The van der Waals surface area contributed by atoms with Gasteiger partial charge in [-0.3, -0.25) is 0 Å². The molecule has 21 heavy (non-hydrogen) atoms. The lowest BCUT2D eigenvalue weighted by Gasteiger charge is -2.37. The van der Waals surface area contributed by atoms with E-state index in [0.29, 0.717) is 29.4 Å². The molecule has 1 N–H and O–H groups in total. The van der Waals surface area contributed by atoms with Crippen molar-refractivity contribution in [2.45, 2.75) is 37.6 Å². The molecule has 0 aliphatic carbocycles. The second kappa shape index (κ2) is 7.15. The summed E-state index contributed by atoms with van der Waals surface area (Å²) in [5, 5.41) is 3.45. The van der Waals surface area contributed by atoms with Gasteiger partial charge >= 0.3 is 0 Å². The van der Waals surface area contributed by atoms with Crippen LogP contribution in [0.1, 0.15) is 26.7 Å². The Morgan fingerprint density at radius 1 is 1.43 bits per heavy atom. The first-order valence-electron chi connectivity index (χ1n) is 7.08. The van der Waals surface area contributed by atoms with Crippen LogP contribution in [0, 0.1) is 5.92 Å². The number of nitrogens with one attached hydrogen (secondary N) is 1. The summed E-state index contributed by atoms with van der Waals surface area (Å²) in [4.78, 5) is 0.135. The van der Waals surface area contributed by atoms with Crippen molar-refractivity contribution in [3.05, 3.63) is 14.7 Å². The minimum Gasteiger partial charge on any atom is -0.314 e. The number of rotatable bonds is 5. The fourth-order valence-corrected chi connectivity index (χ4v) is 6.43. The molecule has 1 aromatic heterocycles. The second-order valence-corrected chi connectivity index (χ2v) is 9.36. The molecule has 1 saturated heterocycles. The Bertz CT molecular complexity index is 589. The van der Waals surface area contributed by atoms with Gasteiger partial charge < -0.3 is 5.32 Å². The van der Waals surface area contributed by atoms with Crippen LogP contribution < -0.4 is 5.32 Å². The van der Waals surface area contributed by atoms with Crippen LogP contribution in [0.4, 0.5) is 0 Å². The smallest absolute Gasteiger partial charge is 0.245 e. The molecule has 2 rings (SSSR count). The summed E-state index contributed by atoms with van der Waals surface area (Å²) in [5.41, 5.74) is 0. The predicted octanol–water partition coefficient (Wildman–Crippen LogP) is 3.45. The minimum atomic E-state index is -3.55. The summed E-state index contributed by atoms with van der Waals surface area (Å²) in [5.74, 6) is 0.321. The average molecular weight is 371 g/mol. The molecular weight excluding hydrogens is 351 g/mol. The maximum Gasteiger partial charge on any atom is 0.245 e. The van der Waals surface area contributed by atoms with Gasteiger partial charge in [-0.2, -0.15) is 4.31 Å². The van der Waals surface area contributed by atoms with Gasteiger partial charge in [-0.05, 0) is 24.9 Å². The Morgan fingerprint density at radius 3 is 2.67 bits per heavy atom. The van der Waals surface area contributed by atoms with Crippen molar-refractivity contribution in [3.63, 3.8) is 0 Å². The Labute approximate surface area is 140 Å². The topological polar surface area (TPSA) is 49.4 Å². The average Bonchev–Trinajstić information content (AvgIpc) is 2.79. The highest BCUT2D eigenvalue weighted by Crippen LogP contribution is 2.37. The van der Waals surface area contributed by atoms with Crippen LogP contribution in [0.25, 0.3) is 0 Å². The molecule has 120 valence electrons. The molecule has 0 saturated carbocycles. The Balaban J connectivity index is 2.20. The maximum atomic E-state index is 12.7. The van der Waals surface area contributed by atoms with Crippen LogP contribution in [0.3, 0.4) is 0 Å². The first-order valence-corrected chi connectivity index (χ1v) is 10.1. The highest BCUT2D eigenvalue weighted by atomic mass is 35.5. The SMILES string of the molecule is CCNC1CCN(S(=O)(=O)c2cc(Cl)sc2Cl)CC1CC. The number of halogens is 2. The highest BCUT2D eigenvalue weighted by Gasteiger charge is 2.35. The van der Waals surface area contributed by atoms with E-state index in [9.17, 15) is 8.42 Å². The van der Waals surface area contributed by atoms with Gasteiger partial charge in [0.1, 0.15) is 9.23 Å². The lowest BCUT2D eigenvalue weighted by molar-refractivity contribution is 0.204. The number of thiophene rings is 1. The van der Waals surface area contributed by atoms with E-state index in [4.69, 9.17) is 23.2 Å². The molecule has 1 fully saturated rings. The third kappa shape index (κ3) is 3.74. The van der Waals surface area contributed by atoms with Gasteiger partial charge in [0, 0.05) is 19.1 Å². The van der Waals surface area contributed by atoms with E-state index in [1.165, 1.54) is 6.07 Å². The first-order chi connectivity index (χ1) is 9.90. The molecule has 2 atom stereocenters. The molecule has 0 spiro atoms. The van der Waals surface area contributed by atoms with E-state index in [-0.39, 0.29) is 9.23 Å². The largest absolute Gasteiger partial charge is 0.314 e. The van der Waals surface area contributed by atoms with Gasteiger partial charge in [0.05, 0.1) is 4.34 Å². The van der Waals surface area contributed by atoms with Crippen molar-refractivity contribution in [2.24, 2.45) is 5.92 Å². The summed E-state index contributed by atoms with van der Waals surface area (Å²) in [6.07, 6.45) is 1.77. The highest BCUT2D eigenvalue weighted by molar-refractivity contribution is 7.89. The van der Waals surface area contributed by atoms with Gasteiger partial charge in [0.15, 0.2) is 0 Å². The second-order valence-electron chi connectivity index (χ2n) is 5.17. The Hall–Kier alpha value is 0.150. The monoisotopic (exact) mass is 370 g/mol. The summed E-state index contributed by atoms with van der Waals surface area (Å²) >= 11 is 13.0.